The van der Waals surface area contributed by atoms with Gasteiger partial charge in [0.1, 0.15) is 0 Å². The van der Waals surface area contributed by atoms with Crippen LogP contribution in [0.5, 0.6) is 0 Å². The topological polar surface area (TPSA) is 63.5 Å². The maximum Gasteiger partial charge on any atom is 0.270 e. The van der Waals surface area contributed by atoms with Gasteiger partial charge in [-0.15, -0.1) is 0 Å². The fraction of sp³-hybridized carbons (Fsp3) is 0.188. The fourth-order valence-corrected chi connectivity index (χ4v) is 2.08. The van der Waals surface area contributed by atoms with E-state index < -0.39 is 4.92 Å². The van der Waals surface area contributed by atoms with Crippen LogP contribution in [0.2, 0.25) is 0 Å². The maximum atomic E-state index is 12.2. The van der Waals surface area contributed by atoms with Gasteiger partial charge in [-0.3, -0.25) is 19.8 Å². The first-order valence-corrected chi connectivity index (χ1v) is 6.56. The van der Waals surface area contributed by atoms with E-state index in [1.807, 2.05) is 42.3 Å². The number of non-ortho nitro benzene ring substituents is 1. The zero-order valence-electron chi connectivity index (χ0n) is 11.7. The number of likely N-dealkylation sites (N-methyl/N-ethyl adjacent to an activating group) is 1. The summed E-state index contributed by atoms with van der Waals surface area (Å²) in [6.07, 6.45) is 0. The Morgan fingerprint density at radius 1 is 1.14 bits per heavy atom. The lowest BCUT2D eigenvalue weighted by Gasteiger charge is -2.15. The molecule has 0 saturated carbocycles. The van der Waals surface area contributed by atoms with Crippen molar-refractivity contribution in [1.82, 2.24) is 4.90 Å². The Balaban J connectivity index is 2.01. The van der Waals surface area contributed by atoms with Crippen molar-refractivity contribution in [1.29, 1.82) is 0 Å². The van der Waals surface area contributed by atoms with Crippen LogP contribution in [0, 0.1) is 10.1 Å². The predicted molar refractivity (Wildman–Crippen MR) is 80.2 cm³/mol. The molecule has 0 saturated heterocycles. The summed E-state index contributed by atoms with van der Waals surface area (Å²) in [5.41, 5.74) is 1.42. The molecule has 0 spiro atoms. The largest absolute Gasteiger partial charge is 0.295 e. The smallest absolute Gasteiger partial charge is 0.270 e. The highest BCUT2D eigenvalue weighted by Gasteiger charge is 2.13. The molecule has 5 nitrogen and oxygen atoms in total. The monoisotopic (exact) mass is 284 g/mol. The molecule has 2 rings (SSSR count). The van der Waals surface area contributed by atoms with Crippen molar-refractivity contribution in [2.45, 2.75) is 6.54 Å². The van der Waals surface area contributed by atoms with Gasteiger partial charge in [-0.25, -0.2) is 0 Å². The number of nitro benzene ring substituents is 1. The van der Waals surface area contributed by atoms with Crippen LogP contribution in [-0.4, -0.2) is 29.2 Å². The van der Waals surface area contributed by atoms with Gasteiger partial charge in [0.05, 0.1) is 11.5 Å². The first-order chi connectivity index (χ1) is 10.1. The van der Waals surface area contributed by atoms with Crippen molar-refractivity contribution < 1.29 is 9.72 Å². The van der Waals surface area contributed by atoms with Gasteiger partial charge in [0.25, 0.3) is 5.69 Å². The van der Waals surface area contributed by atoms with Crippen LogP contribution in [0.15, 0.2) is 54.6 Å². The highest BCUT2D eigenvalue weighted by atomic mass is 16.6. The van der Waals surface area contributed by atoms with Crippen molar-refractivity contribution >= 4 is 11.5 Å². The molecule has 108 valence electrons. The molecular formula is C16H16N2O3. The lowest BCUT2D eigenvalue weighted by Crippen LogP contribution is -2.25. The second kappa shape index (κ2) is 6.76. The van der Waals surface area contributed by atoms with E-state index in [-0.39, 0.29) is 18.0 Å². The minimum Gasteiger partial charge on any atom is -0.295 e. The summed E-state index contributed by atoms with van der Waals surface area (Å²) in [6.45, 7) is 0.873. The Morgan fingerprint density at radius 3 is 2.52 bits per heavy atom. The lowest BCUT2D eigenvalue weighted by molar-refractivity contribution is -0.384. The number of hydrogen-bond donors (Lipinski definition) is 0. The maximum absolute atomic E-state index is 12.2. The Kier molecular flexibility index (Phi) is 4.79. The second-order valence-corrected chi connectivity index (χ2v) is 4.89. The van der Waals surface area contributed by atoms with Crippen molar-refractivity contribution in [3.05, 3.63) is 75.8 Å². The average Bonchev–Trinajstić information content (AvgIpc) is 2.48. The van der Waals surface area contributed by atoms with E-state index >= 15 is 0 Å². The van der Waals surface area contributed by atoms with E-state index in [2.05, 4.69) is 0 Å². The summed E-state index contributed by atoms with van der Waals surface area (Å²) in [6, 6.07) is 15.7. The SMILES string of the molecule is CN(CC(=O)c1cccc([N+](=O)[O-])c1)Cc1ccccc1. The molecule has 0 unspecified atom stereocenters. The number of nitrogens with zero attached hydrogens (tertiary/aromatic N) is 2. The summed E-state index contributed by atoms with van der Waals surface area (Å²) >= 11 is 0. The molecule has 21 heavy (non-hydrogen) atoms. The minimum absolute atomic E-state index is 0.0634. The minimum atomic E-state index is -0.496. The van der Waals surface area contributed by atoms with Crippen LogP contribution in [0.3, 0.4) is 0 Å². The quantitative estimate of drug-likeness (QED) is 0.465. The molecule has 5 heteroatoms. The predicted octanol–water partition coefficient (Wildman–Crippen LogP) is 2.91. The Morgan fingerprint density at radius 2 is 1.86 bits per heavy atom. The fourth-order valence-electron chi connectivity index (χ4n) is 2.08. The third-order valence-corrected chi connectivity index (χ3v) is 3.09. The number of ketones is 1. The first-order valence-electron chi connectivity index (χ1n) is 6.56. The number of Topliss-reactive ketones (excluding diaryl/α,β-unsaturated/α-hetero) is 1. The van der Waals surface area contributed by atoms with E-state index in [1.165, 1.54) is 18.2 Å². The number of carbonyl (C=O) groups excluding carboxylic acids is 1. The molecule has 0 radical (unpaired) electrons. The van der Waals surface area contributed by atoms with Crippen LogP contribution in [0.4, 0.5) is 5.69 Å². The summed E-state index contributed by atoms with van der Waals surface area (Å²) in [5, 5.41) is 10.7. The molecule has 0 atom stereocenters. The van der Waals surface area contributed by atoms with E-state index in [9.17, 15) is 14.9 Å². The Hall–Kier alpha value is -2.53. The summed E-state index contributed by atoms with van der Waals surface area (Å²) < 4.78 is 0. The van der Waals surface area contributed by atoms with Crippen molar-refractivity contribution in [2.75, 3.05) is 13.6 Å². The molecule has 0 aliphatic carbocycles. The van der Waals surface area contributed by atoms with Crippen LogP contribution in [-0.2, 0) is 6.54 Å². The number of rotatable bonds is 6. The lowest BCUT2D eigenvalue weighted by atomic mass is 10.1. The van der Waals surface area contributed by atoms with E-state index in [0.29, 0.717) is 12.1 Å². The number of carbonyl (C=O) groups is 1. The third kappa shape index (κ3) is 4.22. The zero-order chi connectivity index (χ0) is 15.2. The standard InChI is InChI=1S/C16H16N2O3/c1-17(11-13-6-3-2-4-7-13)12-16(19)14-8-5-9-15(10-14)18(20)21/h2-10H,11-12H2,1H3. The second-order valence-electron chi connectivity index (χ2n) is 4.89. The van der Waals surface area contributed by atoms with Crippen LogP contribution < -0.4 is 0 Å². The third-order valence-electron chi connectivity index (χ3n) is 3.09. The number of hydrogen-bond acceptors (Lipinski definition) is 4. The van der Waals surface area contributed by atoms with Gasteiger partial charge < -0.3 is 0 Å². The molecule has 0 N–H and O–H groups in total. The summed E-state index contributed by atoms with van der Waals surface area (Å²) in [5.74, 6) is -0.128. The highest BCUT2D eigenvalue weighted by Crippen LogP contribution is 2.14. The first kappa shape index (κ1) is 14.9. The molecule has 2 aromatic rings. The van der Waals surface area contributed by atoms with E-state index in [1.54, 1.807) is 6.07 Å². The number of nitro groups is 1. The van der Waals surface area contributed by atoms with Gasteiger partial charge in [0.2, 0.25) is 0 Å². The van der Waals surface area contributed by atoms with Gasteiger partial charge in [-0.05, 0) is 12.6 Å². The van der Waals surface area contributed by atoms with Gasteiger partial charge in [-0.1, -0.05) is 42.5 Å². The number of benzene rings is 2. The molecule has 0 aliphatic rings. The van der Waals surface area contributed by atoms with Crippen molar-refractivity contribution in [3.63, 3.8) is 0 Å². The van der Waals surface area contributed by atoms with Crippen LogP contribution in [0.25, 0.3) is 0 Å². The zero-order valence-corrected chi connectivity index (χ0v) is 11.7. The molecule has 0 aliphatic heterocycles. The van der Waals surface area contributed by atoms with E-state index in [0.717, 1.165) is 5.56 Å². The molecule has 0 aromatic heterocycles. The van der Waals surface area contributed by atoms with Gasteiger partial charge in [0.15, 0.2) is 5.78 Å². The van der Waals surface area contributed by atoms with Crippen LogP contribution in [0.1, 0.15) is 15.9 Å². The van der Waals surface area contributed by atoms with Gasteiger partial charge in [-0.2, -0.15) is 0 Å². The summed E-state index contributed by atoms with van der Waals surface area (Å²) in [7, 11) is 1.85. The molecule has 0 fully saturated rings. The normalized spacial score (nSPS) is 10.6. The highest BCUT2D eigenvalue weighted by molar-refractivity contribution is 5.98. The average molecular weight is 284 g/mol. The molecule has 0 amide bonds. The van der Waals surface area contributed by atoms with Gasteiger partial charge >= 0.3 is 0 Å². The molecule has 0 heterocycles. The van der Waals surface area contributed by atoms with Gasteiger partial charge in [0, 0.05) is 24.2 Å². The molecule has 0 bridgehead atoms. The van der Waals surface area contributed by atoms with Crippen molar-refractivity contribution in [2.24, 2.45) is 0 Å². The van der Waals surface area contributed by atoms with Crippen molar-refractivity contribution in [3.8, 4) is 0 Å². The molecule has 2 aromatic carbocycles. The van der Waals surface area contributed by atoms with E-state index in [4.69, 9.17) is 0 Å². The van der Waals surface area contributed by atoms with Crippen LogP contribution >= 0.6 is 0 Å². The summed E-state index contributed by atoms with van der Waals surface area (Å²) in [4.78, 5) is 24.3. The Labute approximate surface area is 123 Å². The Bertz CT molecular complexity index is 641. The molecular weight excluding hydrogens is 268 g/mol.